The smallest absolute Gasteiger partial charge is 0.360 e. The maximum Gasteiger partial charge on any atom is 0.407 e. The van der Waals surface area contributed by atoms with Crippen molar-refractivity contribution < 1.29 is 29.6 Å². The zero-order valence-corrected chi connectivity index (χ0v) is 17.2. The summed E-state index contributed by atoms with van der Waals surface area (Å²) >= 11 is 0. The van der Waals surface area contributed by atoms with Crippen LogP contribution in [0.25, 0.3) is 0 Å². The van der Waals surface area contributed by atoms with Crippen molar-refractivity contribution >= 4 is 5.91 Å². The quantitative estimate of drug-likeness (QED) is 0.348. The summed E-state index contributed by atoms with van der Waals surface area (Å²) in [7, 11) is 0. The maximum atomic E-state index is 14.6. The Morgan fingerprint density at radius 2 is 1.73 bits per heavy atom. The minimum atomic E-state index is -4.75. The lowest BCUT2D eigenvalue weighted by molar-refractivity contribution is -0.163. The maximum absolute atomic E-state index is 14.6. The standard InChI is InChI=1S/C22H26F5N3O.2CH4.2H2/c1-13-2-6-15(7-3-13)18(22(25,26)27)29-16(11-21(23,24)10-14-4-5-14)19(31)30-20(8-9-20)17-12-28-17;;;;/h2-3,6-7,12,14,16,18,28-29H,4-5,8-11H2,1H3,(H,30,31);2*1H4;2*1H/t16-,18-;;;;/m0..../s1. The largest absolute Gasteiger partial charge is 0.407 e. The van der Waals surface area contributed by atoms with Crippen molar-refractivity contribution in [2.24, 2.45) is 5.92 Å². The average molecular weight is 480 g/mol. The van der Waals surface area contributed by atoms with Gasteiger partial charge in [-0.25, -0.2) is 8.78 Å². The molecule has 1 amide bonds. The van der Waals surface area contributed by atoms with E-state index in [1.807, 2.05) is 0 Å². The van der Waals surface area contributed by atoms with Gasteiger partial charge >= 0.3 is 6.18 Å². The van der Waals surface area contributed by atoms with Crippen LogP contribution in [0.2, 0.25) is 0 Å². The molecule has 1 heterocycles. The van der Waals surface area contributed by atoms with Gasteiger partial charge in [-0.05, 0) is 44.1 Å². The molecule has 3 aliphatic rings. The number of benzene rings is 1. The topological polar surface area (TPSA) is 63.1 Å². The summed E-state index contributed by atoms with van der Waals surface area (Å²) in [5.74, 6) is -4.18. The van der Waals surface area contributed by atoms with E-state index in [1.54, 1.807) is 13.1 Å². The molecule has 0 spiro atoms. The van der Waals surface area contributed by atoms with Crippen LogP contribution in [0.15, 0.2) is 36.2 Å². The van der Waals surface area contributed by atoms with Gasteiger partial charge in [0.15, 0.2) is 0 Å². The number of amides is 1. The van der Waals surface area contributed by atoms with Crippen LogP contribution >= 0.6 is 0 Å². The van der Waals surface area contributed by atoms with E-state index in [0.29, 0.717) is 25.7 Å². The molecule has 4 rings (SSSR count). The number of carbonyl (C=O) groups is 1. The van der Waals surface area contributed by atoms with Crippen molar-refractivity contribution in [3.05, 3.63) is 47.3 Å². The van der Waals surface area contributed by atoms with Gasteiger partial charge in [0, 0.05) is 21.9 Å². The monoisotopic (exact) mass is 479 g/mol. The Balaban J connectivity index is 0.00000289. The van der Waals surface area contributed by atoms with E-state index in [0.717, 1.165) is 11.3 Å². The lowest BCUT2D eigenvalue weighted by Gasteiger charge is -2.30. The number of hydrogen-bond donors (Lipinski definition) is 3. The van der Waals surface area contributed by atoms with E-state index in [1.165, 1.54) is 24.3 Å². The second-order valence-electron chi connectivity index (χ2n) is 9.09. The number of nitrogens with one attached hydrogen (secondary N) is 3. The Morgan fingerprint density at radius 3 is 2.18 bits per heavy atom. The van der Waals surface area contributed by atoms with Gasteiger partial charge in [-0.3, -0.25) is 10.1 Å². The van der Waals surface area contributed by atoms with Gasteiger partial charge in [0.05, 0.1) is 17.3 Å². The second kappa shape index (κ2) is 9.60. The molecule has 0 saturated heterocycles. The Bertz CT molecular complexity index is 869. The first-order chi connectivity index (χ1) is 14.5. The summed E-state index contributed by atoms with van der Waals surface area (Å²) in [5, 5.41) is 7.83. The van der Waals surface area contributed by atoms with E-state index >= 15 is 0 Å². The van der Waals surface area contributed by atoms with Gasteiger partial charge in [0.1, 0.15) is 6.04 Å². The van der Waals surface area contributed by atoms with Crippen LogP contribution < -0.4 is 16.0 Å². The molecule has 0 radical (unpaired) electrons. The van der Waals surface area contributed by atoms with Crippen molar-refractivity contribution in [2.45, 2.75) is 90.0 Å². The predicted octanol–water partition coefficient (Wildman–Crippen LogP) is 6.24. The third-order valence-corrected chi connectivity index (χ3v) is 6.13. The van der Waals surface area contributed by atoms with Crippen molar-refractivity contribution in [3.63, 3.8) is 0 Å². The Hall–Kier alpha value is -2.16. The van der Waals surface area contributed by atoms with Gasteiger partial charge in [-0.15, -0.1) is 0 Å². The third-order valence-electron chi connectivity index (χ3n) is 6.13. The molecule has 0 bridgehead atoms. The number of carbonyl (C=O) groups excluding carboxylic acids is 1. The number of rotatable bonds is 10. The van der Waals surface area contributed by atoms with E-state index in [2.05, 4.69) is 16.0 Å². The fraction of sp³-hybridized carbons (Fsp3) is 0.625. The van der Waals surface area contributed by atoms with Crippen LogP contribution in [0.1, 0.15) is 73.4 Å². The fourth-order valence-electron chi connectivity index (χ4n) is 3.92. The van der Waals surface area contributed by atoms with Gasteiger partial charge in [-0.1, -0.05) is 44.7 Å². The molecule has 33 heavy (non-hydrogen) atoms. The van der Waals surface area contributed by atoms with Crippen molar-refractivity contribution in [1.82, 2.24) is 16.0 Å². The molecule has 0 unspecified atom stereocenters. The summed E-state index contributed by atoms with van der Waals surface area (Å²) in [5.41, 5.74) is 0.792. The summed E-state index contributed by atoms with van der Waals surface area (Å²) in [6.07, 6.45) is -1.80. The highest BCUT2D eigenvalue weighted by Crippen LogP contribution is 2.45. The molecule has 1 aliphatic heterocycles. The van der Waals surface area contributed by atoms with Crippen LogP contribution in [0.5, 0.6) is 0 Å². The molecular formula is C24H38F5N3O. The Morgan fingerprint density at radius 1 is 1.15 bits per heavy atom. The van der Waals surface area contributed by atoms with Gasteiger partial charge in [0.2, 0.25) is 11.8 Å². The zero-order chi connectivity index (χ0) is 22.4. The van der Waals surface area contributed by atoms with Crippen molar-refractivity contribution in [1.29, 1.82) is 0 Å². The molecule has 2 fully saturated rings. The Kier molecular flexibility index (Phi) is 7.88. The molecule has 1 aromatic carbocycles. The van der Waals surface area contributed by atoms with Crippen LogP contribution in [-0.2, 0) is 4.79 Å². The average Bonchev–Trinajstić information content (AvgIpc) is 3.49. The first-order valence-electron chi connectivity index (χ1n) is 10.5. The fourth-order valence-corrected chi connectivity index (χ4v) is 3.92. The first kappa shape index (κ1) is 27.1. The minimum Gasteiger partial charge on any atom is -0.360 e. The molecule has 2 atom stereocenters. The molecule has 3 N–H and O–H groups in total. The second-order valence-corrected chi connectivity index (χ2v) is 9.09. The van der Waals surface area contributed by atoms with Crippen molar-refractivity contribution in [2.75, 3.05) is 0 Å². The predicted molar refractivity (Wildman–Crippen MR) is 123 cm³/mol. The molecule has 9 heteroatoms. The SMILES string of the molecule is C.C.Cc1ccc([C@H](N[C@@H](CC(F)(F)CC2CC2)C(=O)NC2(C3=CN3)CC2)C(F)(F)F)cc1.[HH].[HH]. The molecular weight excluding hydrogens is 441 g/mol. The number of aryl methyl sites for hydroxylation is 1. The summed E-state index contributed by atoms with van der Waals surface area (Å²) < 4.78 is 70.9. The van der Waals surface area contributed by atoms with E-state index in [4.69, 9.17) is 0 Å². The van der Waals surface area contributed by atoms with Gasteiger partial charge in [0.25, 0.3) is 0 Å². The highest BCUT2D eigenvalue weighted by atomic mass is 19.4. The molecule has 0 aromatic heterocycles. The number of halogens is 5. The molecule has 4 nitrogen and oxygen atoms in total. The van der Waals surface area contributed by atoms with Gasteiger partial charge in [-0.2, -0.15) is 13.2 Å². The van der Waals surface area contributed by atoms with Crippen molar-refractivity contribution in [3.8, 4) is 0 Å². The van der Waals surface area contributed by atoms with E-state index in [9.17, 15) is 26.7 Å². The van der Waals surface area contributed by atoms with Crippen LogP contribution in [0, 0.1) is 12.8 Å². The zero-order valence-electron chi connectivity index (χ0n) is 17.2. The molecule has 2 saturated carbocycles. The Labute approximate surface area is 195 Å². The molecule has 1 aromatic rings. The van der Waals surface area contributed by atoms with Gasteiger partial charge < -0.3 is 10.6 Å². The first-order valence-corrected chi connectivity index (χ1v) is 10.5. The van der Waals surface area contributed by atoms with Crippen LogP contribution in [0.4, 0.5) is 22.0 Å². The molecule has 2 aliphatic carbocycles. The highest BCUT2D eigenvalue weighted by Gasteiger charge is 2.53. The van der Waals surface area contributed by atoms with Crippen LogP contribution in [0.3, 0.4) is 0 Å². The lowest BCUT2D eigenvalue weighted by atomic mass is 9.98. The summed E-state index contributed by atoms with van der Waals surface area (Å²) in [6, 6.07) is 1.75. The normalized spacial score (nSPS) is 20.2. The number of hydrogen-bond acceptors (Lipinski definition) is 3. The van der Waals surface area contributed by atoms with Crippen LogP contribution in [-0.4, -0.2) is 29.6 Å². The summed E-state index contributed by atoms with van der Waals surface area (Å²) in [6.45, 7) is 1.74. The lowest BCUT2D eigenvalue weighted by Crippen LogP contribution is -2.54. The molecule has 190 valence electrons. The van der Waals surface area contributed by atoms with E-state index in [-0.39, 0.29) is 29.2 Å². The highest BCUT2D eigenvalue weighted by molar-refractivity contribution is 5.84. The van der Waals surface area contributed by atoms with E-state index < -0.39 is 48.5 Å². The third kappa shape index (κ3) is 6.91. The number of alkyl halides is 5. The minimum absolute atomic E-state index is 0. The summed E-state index contributed by atoms with van der Waals surface area (Å²) in [4.78, 5) is 12.9.